The number of para-hydroxylation sites is 1. The van der Waals surface area contributed by atoms with E-state index in [0.717, 1.165) is 4.47 Å². The lowest BCUT2D eigenvalue weighted by molar-refractivity contribution is 0.608. The number of halogens is 3. The van der Waals surface area contributed by atoms with Crippen LogP contribution in [0, 0.1) is 5.82 Å². The lowest BCUT2D eigenvalue weighted by Gasteiger charge is -2.08. The molecule has 0 amide bonds. The first-order chi connectivity index (χ1) is 10.1. The predicted molar refractivity (Wildman–Crippen MR) is 81.7 cm³/mol. The smallest absolute Gasteiger partial charge is 0.187 e. The molecule has 8 heteroatoms. The van der Waals surface area contributed by atoms with Crippen LogP contribution in [-0.4, -0.2) is 20.2 Å². The van der Waals surface area contributed by atoms with Gasteiger partial charge in [-0.05, 0) is 40.8 Å². The molecule has 21 heavy (non-hydrogen) atoms. The Balaban J connectivity index is 2.22. The molecule has 1 aromatic heterocycles. The van der Waals surface area contributed by atoms with Gasteiger partial charge in [0.1, 0.15) is 5.69 Å². The van der Waals surface area contributed by atoms with Crippen LogP contribution in [0.1, 0.15) is 0 Å². The monoisotopic (exact) mass is 367 g/mol. The summed E-state index contributed by atoms with van der Waals surface area (Å²) < 4.78 is 16.1. The molecule has 0 aliphatic carbocycles. The van der Waals surface area contributed by atoms with Gasteiger partial charge < -0.3 is 5.73 Å². The molecule has 2 N–H and O–H groups in total. The van der Waals surface area contributed by atoms with Gasteiger partial charge in [-0.15, -0.1) is 5.10 Å². The summed E-state index contributed by atoms with van der Waals surface area (Å²) in [5.74, 6) is -0.172. The molecular formula is C13H8BrClFN5. The van der Waals surface area contributed by atoms with Gasteiger partial charge in [-0.3, -0.25) is 0 Å². The maximum absolute atomic E-state index is 14.0. The van der Waals surface area contributed by atoms with Crippen LogP contribution in [0.2, 0.25) is 5.02 Å². The molecule has 0 saturated carbocycles. The van der Waals surface area contributed by atoms with Gasteiger partial charge >= 0.3 is 0 Å². The number of hydrogen-bond donors (Lipinski definition) is 1. The second-order valence-corrected chi connectivity index (χ2v) is 5.58. The van der Waals surface area contributed by atoms with Gasteiger partial charge in [-0.2, -0.15) is 4.68 Å². The first-order valence-corrected chi connectivity index (χ1v) is 7.02. The van der Waals surface area contributed by atoms with Crippen molar-refractivity contribution < 1.29 is 4.39 Å². The maximum atomic E-state index is 14.0. The van der Waals surface area contributed by atoms with E-state index in [0.29, 0.717) is 17.1 Å². The molecule has 0 aliphatic heterocycles. The molecule has 0 fully saturated rings. The van der Waals surface area contributed by atoms with Gasteiger partial charge in [-0.1, -0.05) is 33.6 Å². The molecule has 0 aliphatic rings. The van der Waals surface area contributed by atoms with Gasteiger partial charge in [0.25, 0.3) is 0 Å². The summed E-state index contributed by atoms with van der Waals surface area (Å²) in [4.78, 5) is 0. The van der Waals surface area contributed by atoms with E-state index in [1.807, 2.05) is 0 Å². The lowest BCUT2D eigenvalue weighted by atomic mass is 10.2. The van der Waals surface area contributed by atoms with Crippen LogP contribution in [0.3, 0.4) is 0 Å². The maximum Gasteiger partial charge on any atom is 0.187 e. The van der Waals surface area contributed by atoms with E-state index in [-0.39, 0.29) is 10.7 Å². The number of nitrogens with two attached hydrogens (primary N) is 1. The molecule has 3 rings (SSSR count). The fraction of sp³-hybridized carbons (Fsp3) is 0. The normalized spacial score (nSPS) is 10.8. The minimum atomic E-state index is -0.515. The summed E-state index contributed by atoms with van der Waals surface area (Å²) in [6.07, 6.45) is 0. The topological polar surface area (TPSA) is 69.6 Å². The van der Waals surface area contributed by atoms with Gasteiger partial charge in [0, 0.05) is 15.7 Å². The first-order valence-electron chi connectivity index (χ1n) is 5.85. The summed E-state index contributed by atoms with van der Waals surface area (Å²) >= 11 is 9.40. The zero-order valence-corrected chi connectivity index (χ0v) is 12.8. The molecule has 5 nitrogen and oxygen atoms in total. The highest BCUT2D eigenvalue weighted by molar-refractivity contribution is 9.10. The number of hydrogen-bond acceptors (Lipinski definition) is 4. The summed E-state index contributed by atoms with van der Waals surface area (Å²) in [6.45, 7) is 0. The molecule has 0 atom stereocenters. The lowest BCUT2D eigenvalue weighted by Crippen LogP contribution is -2.04. The van der Waals surface area contributed by atoms with E-state index in [2.05, 4.69) is 31.5 Å². The SMILES string of the molecule is Nc1cc(Br)cc(-c2nnnn2-c2c(F)cccc2Cl)c1. The summed E-state index contributed by atoms with van der Waals surface area (Å²) in [7, 11) is 0. The fourth-order valence-corrected chi connectivity index (χ4v) is 2.70. The Labute approximate surface area is 132 Å². The predicted octanol–water partition coefficient (Wildman–Crippen LogP) is 3.47. The van der Waals surface area contributed by atoms with E-state index < -0.39 is 5.82 Å². The highest BCUT2D eigenvalue weighted by Crippen LogP contribution is 2.29. The largest absolute Gasteiger partial charge is 0.399 e. The average Bonchev–Trinajstić information content (AvgIpc) is 2.86. The van der Waals surface area contributed by atoms with Crippen LogP contribution in [0.4, 0.5) is 10.1 Å². The molecule has 106 valence electrons. The number of benzene rings is 2. The zero-order chi connectivity index (χ0) is 15.0. The van der Waals surface area contributed by atoms with Crippen molar-refractivity contribution in [3.63, 3.8) is 0 Å². The third-order valence-corrected chi connectivity index (χ3v) is 3.56. The Morgan fingerprint density at radius 2 is 2.05 bits per heavy atom. The first kappa shape index (κ1) is 14.0. The summed E-state index contributed by atoms with van der Waals surface area (Å²) in [6, 6.07) is 9.60. The van der Waals surface area contributed by atoms with Gasteiger partial charge in [0.05, 0.1) is 5.02 Å². The minimum Gasteiger partial charge on any atom is -0.399 e. The number of rotatable bonds is 2. The van der Waals surface area contributed by atoms with Crippen LogP contribution >= 0.6 is 27.5 Å². The molecule has 2 aromatic carbocycles. The highest BCUT2D eigenvalue weighted by Gasteiger charge is 2.17. The second kappa shape index (κ2) is 5.42. The average molecular weight is 369 g/mol. The van der Waals surface area contributed by atoms with E-state index >= 15 is 0 Å². The molecule has 0 spiro atoms. The molecular weight excluding hydrogens is 361 g/mol. The highest BCUT2D eigenvalue weighted by atomic mass is 79.9. The van der Waals surface area contributed by atoms with Crippen molar-refractivity contribution in [3.8, 4) is 17.1 Å². The van der Waals surface area contributed by atoms with E-state index in [1.165, 1.54) is 16.8 Å². The van der Waals surface area contributed by atoms with Crippen molar-refractivity contribution in [2.75, 3.05) is 5.73 Å². The zero-order valence-electron chi connectivity index (χ0n) is 10.5. The Morgan fingerprint density at radius 3 is 2.76 bits per heavy atom. The van der Waals surface area contributed by atoms with Gasteiger partial charge in [0.15, 0.2) is 11.6 Å². The van der Waals surface area contributed by atoms with Crippen molar-refractivity contribution >= 4 is 33.2 Å². The van der Waals surface area contributed by atoms with Crippen molar-refractivity contribution in [2.45, 2.75) is 0 Å². The third-order valence-electron chi connectivity index (χ3n) is 2.80. The van der Waals surface area contributed by atoms with Crippen LogP contribution in [0.25, 0.3) is 17.1 Å². The van der Waals surface area contributed by atoms with Crippen LogP contribution in [0.15, 0.2) is 40.9 Å². The van der Waals surface area contributed by atoms with Crippen LogP contribution < -0.4 is 5.73 Å². The number of nitrogen functional groups attached to an aromatic ring is 1. The third kappa shape index (κ3) is 2.62. The van der Waals surface area contributed by atoms with Crippen molar-refractivity contribution in [2.24, 2.45) is 0 Å². The standard InChI is InChI=1S/C13H8BrClFN5/c14-8-4-7(5-9(17)6-8)13-18-19-20-21(13)12-10(15)2-1-3-11(12)16/h1-6H,17H2. The van der Waals surface area contributed by atoms with Gasteiger partial charge in [0.2, 0.25) is 0 Å². The minimum absolute atomic E-state index is 0.0951. The van der Waals surface area contributed by atoms with E-state index in [9.17, 15) is 4.39 Å². The molecule has 1 heterocycles. The molecule has 0 radical (unpaired) electrons. The number of nitrogens with zero attached hydrogens (tertiary/aromatic N) is 4. The number of aromatic nitrogens is 4. The quantitative estimate of drug-likeness (QED) is 0.703. The molecule has 0 saturated heterocycles. The summed E-state index contributed by atoms with van der Waals surface area (Å²) in [5.41, 5.74) is 7.08. The fourth-order valence-electron chi connectivity index (χ4n) is 1.95. The van der Waals surface area contributed by atoms with E-state index in [4.69, 9.17) is 17.3 Å². The van der Waals surface area contributed by atoms with Crippen LogP contribution in [0.5, 0.6) is 0 Å². The van der Waals surface area contributed by atoms with Crippen molar-refractivity contribution in [1.82, 2.24) is 20.2 Å². The Kier molecular flexibility index (Phi) is 3.60. The Bertz CT molecular complexity index is 780. The Morgan fingerprint density at radius 1 is 1.24 bits per heavy atom. The Hall–Kier alpha value is -1.99. The molecule has 3 aromatic rings. The van der Waals surface area contributed by atoms with E-state index in [1.54, 1.807) is 24.3 Å². The molecule has 0 bridgehead atoms. The van der Waals surface area contributed by atoms with Crippen molar-refractivity contribution in [1.29, 1.82) is 0 Å². The van der Waals surface area contributed by atoms with Crippen LogP contribution in [-0.2, 0) is 0 Å². The second-order valence-electron chi connectivity index (χ2n) is 4.26. The number of tetrazole rings is 1. The van der Waals surface area contributed by atoms with Crippen molar-refractivity contribution in [3.05, 3.63) is 51.7 Å². The summed E-state index contributed by atoms with van der Waals surface area (Å²) in [5, 5.41) is 11.6. The number of anilines is 1. The van der Waals surface area contributed by atoms with Gasteiger partial charge in [-0.25, -0.2) is 4.39 Å². The molecule has 0 unspecified atom stereocenters.